The Hall–Kier alpha value is -2.16. The second-order valence-corrected chi connectivity index (χ2v) is 7.19. The summed E-state index contributed by atoms with van der Waals surface area (Å²) < 4.78 is 5.24. The SMILES string of the molecule is CN=C(NCc1cc(OC)ccc1O)NC1CCCN(c2ccc(C)cc2)C1.I. The number of hydrogen-bond acceptors (Lipinski definition) is 4. The third-order valence-corrected chi connectivity index (χ3v) is 5.12. The predicted octanol–water partition coefficient (Wildman–Crippen LogP) is 3.66. The van der Waals surface area contributed by atoms with Crippen LogP contribution >= 0.6 is 24.0 Å². The van der Waals surface area contributed by atoms with Crippen molar-refractivity contribution in [3.05, 3.63) is 53.6 Å². The Morgan fingerprint density at radius 3 is 2.69 bits per heavy atom. The van der Waals surface area contributed by atoms with E-state index in [1.54, 1.807) is 26.3 Å². The number of rotatable bonds is 5. The van der Waals surface area contributed by atoms with Gasteiger partial charge in [0.15, 0.2) is 5.96 Å². The van der Waals surface area contributed by atoms with Crippen molar-refractivity contribution in [2.45, 2.75) is 32.4 Å². The summed E-state index contributed by atoms with van der Waals surface area (Å²) in [5.74, 6) is 1.70. The third kappa shape index (κ3) is 6.42. The van der Waals surface area contributed by atoms with E-state index < -0.39 is 0 Å². The van der Waals surface area contributed by atoms with Crippen LogP contribution in [0.4, 0.5) is 5.69 Å². The van der Waals surface area contributed by atoms with Crippen LogP contribution in [0.15, 0.2) is 47.5 Å². The van der Waals surface area contributed by atoms with E-state index in [4.69, 9.17) is 4.74 Å². The number of methoxy groups -OCH3 is 1. The van der Waals surface area contributed by atoms with Gasteiger partial charge in [0.2, 0.25) is 0 Å². The van der Waals surface area contributed by atoms with Crippen molar-refractivity contribution < 1.29 is 9.84 Å². The number of aryl methyl sites for hydroxylation is 1. The fraction of sp³-hybridized carbons (Fsp3) is 0.409. The average molecular weight is 510 g/mol. The summed E-state index contributed by atoms with van der Waals surface area (Å²) in [5, 5.41) is 16.9. The van der Waals surface area contributed by atoms with Crippen LogP contribution in [0.25, 0.3) is 0 Å². The van der Waals surface area contributed by atoms with Crippen molar-refractivity contribution in [3.8, 4) is 11.5 Å². The molecule has 7 heteroatoms. The number of ether oxygens (including phenoxy) is 1. The van der Waals surface area contributed by atoms with E-state index in [9.17, 15) is 5.11 Å². The molecule has 3 N–H and O–H groups in total. The molecule has 1 aliphatic heterocycles. The molecule has 1 fully saturated rings. The summed E-state index contributed by atoms with van der Waals surface area (Å²) >= 11 is 0. The highest BCUT2D eigenvalue weighted by Gasteiger charge is 2.21. The summed E-state index contributed by atoms with van der Waals surface area (Å²) in [5.41, 5.74) is 3.31. The molecule has 6 nitrogen and oxygen atoms in total. The molecule has 158 valence electrons. The molecule has 0 saturated carbocycles. The van der Waals surface area contributed by atoms with Crippen molar-refractivity contribution in [1.29, 1.82) is 0 Å². The highest BCUT2D eigenvalue weighted by Crippen LogP contribution is 2.23. The number of nitrogens with zero attached hydrogens (tertiary/aromatic N) is 2. The molecule has 1 saturated heterocycles. The number of aliphatic imine (C=N–C) groups is 1. The molecule has 3 rings (SSSR count). The molecule has 0 radical (unpaired) electrons. The van der Waals surface area contributed by atoms with Gasteiger partial charge in [-0.1, -0.05) is 17.7 Å². The Kier molecular flexibility index (Phi) is 8.88. The third-order valence-electron chi connectivity index (χ3n) is 5.12. The summed E-state index contributed by atoms with van der Waals surface area (Å²) in [6.45, 7) is 4.59. The quantitative estimate of drug-likeness (QED) is 0.326. The number of anilines is 1. The molecular weight excluding hydrogens is 479 g/mol. The largest absolute Gasteiger partial charge is 0.508 e. The van der Waals surface area contributed by atoms with Crippen LogP contribution in [-0.2, 0) is 6.54 Å². The number of phenols is 1. The zero-order valence-corrected chi connectivity index (χ0v) is 19.6. The maximum absolute atomic E-state index is 10.1. The van der Waals surface area contributed by atoms with Crippen LogP contribution in [-0.4, -0.2) is 44.4 Å². The highest BCUT2D eigenvalue weighted by atomic mass is 127. The molecule has 1 unspecified atom stereocenters. The molecule has 1 aliphatic rings. The van der Waals surface area contributed by atoms with Gasteiger partial charge in [-0.25, -0.2) is 0 Å². The van der Waals surface area contributed by atoms with Crippen molar-refractivity contribution in [2.24, 2.45) is 4.99 Å². The number of halogens is 1. The van der Waals surface area contributed by atoms with Gasteiger partial charge in [-0.15, -0.1) is 24.0 Å². The lowest BCUT2D eigenvalue weighted by Gasteiger charge is -2.35. The first-order chi connectivity index (χ1) is 13.6. The average Bonchev–Trinajstić information content (AvgIpc) is 2.73. The van der Waals surface area contributed by atoms with Gasteiger partial charge in [-0.2, -0.15) is 0 Å². The Bertz CT molecular complexity index is 811. The number of hydrogen-bond donors (Lipinski definition) is 3. The first-order valence-electron chi connectivity index (χ1n) is 9.73. The van der Waals surface area contributed by atoms with Crippen molar-refractivity contribution in [2.75, 3.05) is 32.1 Å². The van der Waals surface area contributed by atoms with Gasteiger partial charge in [0.05, 0.1) is 7.11 Å². The van der Waals surface area contributed by atoms with Gasteiger partial charge in [-0.05, 0) is 50.1 Å². The Balaban J connectivity index is 0.00000300. The Morgan fingerprint density at radius 1 is 1.24 bits per heavy atom. The van der Waals surface area contributed by atoms with Gasteiger partial charge in [0.25, 0.3) is 0 Å². The second kappa shape index (κ2) is 11.1. The van der Waals surface area contributed by atoms with E-state index in [0.717, 1.165) is 43.2 Å². The smallest absolute Gasteiger partial charge is 0.191 e. The first-order valence-corrected chi connectivity index (χ1v) is 9.73. The molecule has 2 aromatic rings. The van der Waals surface area contributed by atoms with Crippen LogP contribution in [0.2, 0.25) is 0 Å². The molecule has 0 spiro atoms. The minimum absolute atomic E-state index is 0. The van der Waals surface area contributed by atoms with Crippen LogP contribution in [0.1, 0.15) is 24.0 Å². The summed E-state index contributed by atoms with van der Waals surface area (Å²) in [4.78, 5) is 6.76. The molecule has 29 heavy (non-hydrogen) atoms. The number of phenolic OH excluding ortho intramolecular Hbond substituents is 1. The lowest BCUT2D eigenvalue weighted by atomic mass is 10.0. The molecule has 0 aromatic heterocycles. The Morgan fingerprint density at radius 2 is 2.00 bits per heavy atom. The molecule has 1 atom stereocenters. The zero-order valence-electron chi connectivity index (χ0n) is 17.3. The van der Waals surface area contributed by atoms with E-state index in [-0.39, 0.29) is 29.7 Å². The van der Waals surface area contributed by atoms with Gasteiger partial charge in [0, 0.05) is 44.0 Å². The number of benzene rings is 2. The number of aromatic hydroxyl groups is 1. The van der Waals surface area contributed by atoms with Crippen LogP contribution in [0.5, 0.6) is 11.5 Å². The lowest BCUT2D eigenvalue weighted by Crippen LogP contribution is -2.51. The summed E-state index contributed by atoms with van der Waals surface area (Å²) in [7, 11) is 3.38. The fourth-order valence-corrected chi connectivity index (χ4v) is 3.48. The van der Waals surface area contributed by atoms with Crippen LogP contribution in [0, 0.1) is 6.92 Å². The fourth-order valence-electron chi connectivity index (χ4n) is 3.48. The standard InChI is InChI=1S/C22H30N4O2.HI/c1-16-6-8-19(9-7-16)26-12-4-5-18(15-26)25-22(23-2)24-14-17-13-20(28-3)10-11-21(17)27;/h6-11,13,18,27H,4-5,12,14-15H2,1-3H3,(H2,23,24,25);1H. The highest BCUT2D eigenvalue weighted by molar-refractivity contribution is 14.0. The van der Waals surface area contributed by atoms with Crippen LogP contribution < -0.4 is 20.3 Å². The molecule has 1 heterocycles. The monoisotopic (exact) mass is 510 g/mol. The van der Waals surface area contributed by atoms with Gasteiger partial charge >= 0.3 is 0 Å². The summed E-state index contributed by atoms with van der Waals surface area (Å²) in [6, 6.07) is 14.2. The van der Waals surface area contributed by atoms with Crippen LogP contribution in [0.3, 0.4) is 0 Å². The zero-order chi connectivity index (χ0) is 19.9. The normalized spacial score (nSPS) is 16.7. The van der Waals surface area contributed by atoms with Crippen molar-refractivity contribution in [3.63, 3.8) is 0 Å². The summed E-state index contributed by atoms with van der Waals surface area (Å²) in [6.07, 6.45) is 2.24. The van der Waals surface area contributed by atoms with Gasteiger partial charge in [0.1, 0.15) is 11.5 Å². The molecular formula is C22H31IN4O2. The van der Waals surface area contributed by atoms with E-state index in [2.05, 4.69) is 51.7 Å². The number of guanidine groups is 1. The second-order valence-electron chi connectivity index (χ2n) is 7.19. The van der Waals surface area contributed by atoms with E-state index >= 15 is 0 Å². The maximum Gasteiger partial charge on any atom is 0.191 e. The van der Waals surface area contributed by atoms with E-state index in [0.29, 0.717) is 12.6 Å². The number of piperidine rings is 1. The molecule has 0 bridgehead atoms. The predicted molar refractivity (Wildman–Crippen MR) is 130 cm³/mol. The Labute approximate surface area is 190 Å². The van der Waals surface area contributed by atoms with Crippen molar-refractivity contribution >= 4 is 35.6 Å². The topological polar surface area (TPSA) is 69.1 Å². The van der Waals surface area contributed by atoms with Gasteiger partial charge in [-0.3, -0.25) is 4.99 Å². The minimum Gasteiger partial charge on any atom is -0.508 e. The van der Waals surface area contributed by atoms with E-state index in [1.165, 1.54) is 11.3 Å². The lowest BCUT2D eigenvalue weighted by molar-refractivity contribution is 0.410. The van der Waals surface area contributed by atoms with E-state index in [1.807, 2.05) is 6.07 Å². The number of nitrogens with one attached hydrogen (secondary N) is 2. The maximum atomic E-state index is 10.1. The van der Waals surface area contributed by atoms with Gasteiger partial charge < -0.3 is 25.4 Å². The molecule has 0 amide bonds. The van der Waals surface area contributed by atoms with Crippen molar-refractivity contribution in [1.82, 2.24) is 10.6 Å². The molecule has 0 aliphatic carbocycles. The molecule has 2 aromatic carbocycles. The first kappa shape index (κ1) is 23.1. The minimum atomic E-state index is 0.